The lowest BCUT2D eigenvalue weighted by Crippen LogP contribution is -2.31. The molecule has 2 heterocycles. The molecule has 0 N–H and O–H groups in total. The first-order valence-corrected chi connectivity index (χ1v) is 8.51. The van der Waals surface area contributed by atoms with Crippen molar-refractivity contribution in [3.05, 3.63) is 53.2 Å². The number of rotatable bonds is 3. The van der Waals surface area contributed by atoms with E-state index in [0.717, 1.165) is 39.6 Å². The topological polar surface area (TPSA) is 57.8 Å². The maximum Gasteiger partial charge on any atom is 0.326 e. The van der Waals surface area contributed by atoms with E-state index < -0.39 is 0 Å². The van der Waals surface area contributed by atoms with Crippen LogP contribution in [0.1, 0.15) is 37.5 Å². The van der Waals surface area contributed by atoms with Crippen molar-refractivity contribution >= 4 is 23.6 Å². The number of benzene rings is 1. The zero-order chi connectivity index (χ0) is 18.0. The SMILES string of the molecule is CC1=Nc2c(cc(C#Cc3ccc(SOO[O-])cc3)c[n+]2C)C1(C)C. The van der Waals surface area contributed by atoms with E-state index in [0.29, 0.717) is 0 Å². The van der Waals surface area contributed by atoms with Crippen LogP contribution < -0.4 is 9.82 Å². The Morgan fingerprint density at radius 2 is 1.84 bits per heavy atom. The summed E-state index contributed by atoms with van der Waals surface area (Å²) in [6.07, 6.45) is 1.99. The van der Waals surface area contributed by atoms with E-state index in [1.165, 1.54) is 5.56 Å². The minimum Gasteiger partial charge on any atom is -0.691 e. The number of fused-ring (bicyclic) bond motifs is 1. The summed E-state index contributed by atoms with van der Waals surface area (Å²) in [5, 5.41) is 13.2. The first-order chi connectivity index (χ1) is 11.9. The Balaban J connectivity index is 1.85. The largest absolute Gasteiger partial charge is 0.691 e. The lowest BCUT2D eigenvalue weighted by molar-refractivity contribution is -0.777. The summed E-state index contributed by atoms with van der Waals surface area (Å²) in [5.41, 5.74) is 4.05. The molecule has 3 rings (SSSR count). The van der Waals surface area contributed by atoms with Crippen molar-refractivity contribution in [2.75, 3.05) is 0 Å². The van der Waals surface area contributed by atoms with Gasteiger partial charge >= 0.3 is 5.82 Å². The third kappa shape index (κ3) is 3.60. The van der Waals surface area contributed by atoms with Crippen molar-refractivity contribution in [1.82, 2.24) is 0 Å². The monoisotopic (exact) mass is 354 g/mol. The van der Waals surface area contributed by atoms with Crippen LogP contribution >= 0.6 is 12.0 Å². The van der Waals surface area contributed by atoms with Crippen molar-refractivity contribution in [1.29, 1.82) is 0 Å². The summed E-state index contributed by atoms with van der Waals surface area (Å²) in [4.78, 5) is 5.45. The van der Waals surface area contributed by atoms with Crippen LogP contribution in [-0.2, 0) is 21.8 Å². The molecule has 0 saturated carbocycles. The molecule has 0 unspecified atom stereocenters. The van der Waals surface area contributed by atoms with E-state index in [1.807, 2.05) is 42.1 Å². The number of aryl methyl sites for hydroxylation is 1. The molecule has 0 fully saturated rings. The molecule has 2 aromatic rings. The summed E-state index contributed by atoms with van der Waals surface area (Å²) in [6.45, 7) is 6.42. The van der Waals surface area contributed by atoms with Crippen molar-refractivity contribution in [2.24, 2.45) is 12.0 Å². The van der Waals surface area contributed by atoms with E-state index in [2.05, 4.69) is 53.0 Å². The summed E-state index contributed by atoms with van der Waals surface area (Å²) < 4.78 is 6.31. The van der Waals surface area contributed by atoms with Crippen LogP contribution in [0.25, 0.3) is 0 Å². The first-order valence-electron chi connectivity index (χ1n) is 7.77. The number of pyridine rings is 1. The second-order valence-electron chi connectivity index (χ2n) is 6.39. The molecular formula is C19H18N2O3S. The zero-order valence-electron chi connectivity index (χ0n) is 14.5. The Bertz CT molecular complexity index is 893. The van der Waals surface area contributed by atoms with Crippen molar-refractivity contribution in [3.63, 3.8) is 0 Å². The van der Waals surface area contributed by atoms with E-state index in [-0.39, 0.29) is 5.41 Å². The highest BCUT2D eigenvalue weighted by Gasteiger charge is 2.40. The summed E-state index contributed by atoms with van der Waals surface area (Å²) in [6, 6.07) is 9.49. The van der Waals surface area contributed by atoms with Crippen LogP contribution in [0.15, 0.2) is 46.4 Å². The minimum atomic E-state index is -0.0761. The predicted molar refractivity (Wildman–Crippen MR) is 93.9 cm³/mol. The molecule has 6 heteroatoms. The van der Waals surface area contributed by atoms with Gasteiger partial charge in [0.05, 0.1) is 35.6 Å². The summed E-state index contributed by atoms with van der Waals surface area (Å²) in [5.74, 6) is 7.37. The maximum atomic E-state index is 9.83. The average Bonchev–Trinajstić information content (AvgIpc) is 2.83. The first kappa shape index (κ1) is 17.6. The molecular weight excluding hydrogens is 336 g/mol. The quantitative estimate of drug-likeness (QED) is 0.279. The molecule has 0 radical (unpaired) electrons. The van der Waals surface area contributed by atoms with Crippen LogP contribution in [0.2, 0.25) is 0 Å². The van der Waals surface area contributed by atoms with Gasteiger partial charge in [0.15, 0.2) is 0 Å². The van der Waals surface area contributed by atoms with Crippen LogP contribution in [0, 0.1) is 11.8 Å². The van der Waals surface area contributed by atoms with E-state index in [9.17, 15) is 5.26 Å². The highest BCUT2D eigenvalue weighted by molar-refractivity contribution is 7.94. The van der Waals surface area contributed by atoms with Gasteiger partial charge in [0.2, 0.25) is 0 Å². The maximum absolute atomic E-state index is 9.83. The smallest absolute Gasteiger partial charge is 0.326 e. The fourth-order valence-corrected chi connectivity index (χ4v) is 3.02. The average molecular weight is 354 g/mol. The Hall–Kier alpha value is -2.17. The van der Waals surface area contributed by atoms with E-state index >= 15 is 0 Å². The number of aromatic nitrogens is 1. The molecule has 1 aromatic carbocycles. The Morgan fingerprint density at radius 3 is 2.52 bits per heavy atom. The van der Waals surface area contributed by atoms with Gasteiger partial charge in [0.25, 0.3) is 0 Å². The van der Waals surface area contributed by atoms with Crippen LogP contribution in [0.3, 0.4) is 0 Å². The van der Waals surface area contributed by atoms with Gasteiger partial charge in [-0.05, 0) is 56.1 Å². The van der Waals surface area contributed by atoms with Crippen molar-refractivity contribution < 1.29 is 19.2 Å². The van der Waals surface area contributed by atoms with Crippen molar-refractivity contribution in [2.45, 2.75) is 31.1 Å². The number of nitrogens with zero attached hydrogens (tertiary/aromatic N) is 2. The van der Waals surface area contributed by atoms with Crippen molar-refractivity contribution in [3.8, 4) is 11.8 Å². The Morgan fingerprint density at radius 1 is 1.16 bits per heavy atom. The van der Waals surface area contributed by atoms with Crippen LogP contribution in [-0.4, -0.2) is 5.71 Å². The zero-order valence-corrected chi connectivity index (χ0v) is 15.3. The summed E-state index contributed by atoms with van der Waals surface area (Å²) in [7, 11) is 1.99. The molecule has 0 saturated heterocycles. The highest BCUT2D eigenvalue weighted by atomic mass is 32.2. The lowest BCUT2D eigenvalue weighted by Gasteiger charge is -2.15. The highest BCUT2D eigenvalue weighted by Crippen LogP contribution is 2.37. The molecule has 0 atom stereocenters. The van der Waals surface area contributed by atoms with Crippen LogP contribution in [0.5, 0.6) is 0 Å². The van der Waals surface area contributed by atoms with Gasteiger partial charge in [-0.25, -0.2) is 4.57 Å². The molecule has 0 spiro atoms. The molecule has 128 valence electrons. The normalized spacial score (nSPS) is 14.5. The fourth-order valence-electron chi connectivity index (χ4n) is 2.67. The summed E-state index contributed by atoms with van der Waals surface area (Å²) >= 11 is 0.860. The molecule has 1 aliphatic rings. The van der Waals surface area contributed by atoms with Gasteiger partial charge in [-0.2, -0.15) is 4.33 Å². The number of hydrogen-bond acceptors (Lipinski definition) is 5. The van der Waals surface area contributed by atoms with E-state index in [1.54, 1.807) is 0 Å². The van der Waals surface area contributed by atoms with Gasteiger partial charge in [-0.1, -0.05) is 11.8 Å². The molecule has 0 amide bonds. The fraction of sp³-hybridized carbons (Fsp3) is 0.263. The molecule has 0 aliphatic carbocycles. The number of aliphatic imine (C=N–C) groups is 1. The Labute approximate surface area is 151 Å². The van der Waals surface area contributed by atoms with E-state index in [4.69, 9.17) is 0 Å². The predicted octanol–water partition coefficient (Wildman–Crippen LogP) is 2.53. The lowest BCUT2D eigenvalue weighted by atomic mass is 9.82. The van der Waals surface area contributed by atoms with Gasteiger partial charge in [0, 0.05) is 10.5 Å². The number of hydrogen-bond donors (Lipinski definition) is 0. The third-order valence-electron chi connectivity index (χ3n) is 4.42. The Kier molecular flexibility index (Phi) is 4.93. The van der Waals surface area contributed by atoms with Crippen LogP contribution in [0.4, 0.5) is 5.82 Å². The van der Waals surface area contributed by atoms with Gasteiger partial charge in [0.1, 0.15) is 11.9 Å². The second kappa shape index (κ2) is 6.98. The molecule has 25 heavy (non-hydrogen) atoms. The van der Waals surface area contributed by atoms with Gasteiger partial charge in [-0.15, -0.1) is 0 Å². The standard InChI is InChI=1S/C19H18N2O3S/c1-13-19(2,3)17-11-15(12-21(4)18(17)20-13)6-5-14-7-9-16(10-8-14)25-24-23-22/h7-12H,1-4H3. The van der Waals surface area contributed by atoms with Gasteiger partial charge < -0.3 is 5.26 Å². The minimum absolute atomic E-state index is 0.0761. The molecule has 1 aromatic heterocycles. The molecule has 1 aliphatic heterocycles. The second-order valence-corrected chi connectivity index (χ2v) is 7.17. The third-order valence-corrected chi connectivity index (χ3v) is 5.01. The molecule has 0 bridgehead atoms. The van der Waals surface area contributed by atoms with Gasteiger partial charge in [-0.3, -0.25) is 5.04 Å². The molecule has 5 nitrogen and oxygen atoms in total.